The fourth-order valence-corrected chi connectivity index (χ4v) is 2.53. The van der Waals surface area contributed by atoms with Crippen LogP contribution >= 0.6 is 11.6 Å². The molecule has 3 aromatic heterocycles. The highest BCUT2D eigenvalue weighted by Gasteiger charge is 2.07. The van der Waals surface area contributed by atoms with Crippen LogP contribution in [0.1, 0.15) is 5.56 Å². The molecule has 0 fully saturated rings. The van der Waals surface area contributed by atoms with E-state index in [1.807, 2.05) is 41.1 Å². The number of fused-ring (bicyclic) bond motifs is 1. The van der Waals surface area contributed by atoms with Gasteiger partial charge in [0.1, 0.15) is 11.2 Å². The molecule has 0 radical (unpaired) electrons. The molecule has 0 bridgehead atoms. The maximum absolute atomic E-state index is 6.01. The van der Waals surface area contributed by atoms with Crippen LogP contribution in [-0.2, 0) is 6.54 Å². The van der Waals surface area contributed by atoms with E-state index in [1.165, 1.54) is 0 Å². The minimum Gasteiger partial charge on any atom is -0.332 e. The Labute approximate surface area is 130 Å². The molecule has 7 heteroatoms. The van der Waals surface area contributed by atoms with Crippen LogP contribution in [0.3, 0.4) is 0 Å². The van der Waals surface area contributed by atoms with Crippen molar-refractivity contribution in [1.29, 1.82) is 0 Å². The molecule has 22 heavy (non-hydrogen) atoms. The summed E-state index contributed by atoms with van der Waals surface area (Å²) < 4.78 is 2.00. The Morgan fingerprint density at radius 1 is 1.14 bits per heavy atom. The van der Waals surface area contributed by atoms with E-state index in [0.717, 1.165) is 33.0 Å². The first-order valence-corrected chi connectivity index (χ1v) is 7.09. The van der Waals surface area contributed by atoms with Crippen LogP contribution < -0.4 is 0 Å². The van der Waals surface area contributed by atoms with Crippen LogP contribution in [-0.4, -0.2) is 29.9 Å². The van der Waals surface area contributed by atoms with E-state index < -0.39 is 0 Å². The molecule has 0 aliphatic carbocycles. The zero-order valence-corrected chi connectivity index (χ0v) is 12.2. The fourth-order valence-electron chi connectivity index (χ4n) is 2.32. The first-order chi connectivity index (χ1) is 10.8. The fraction of sp³-hybridized carbons (Fsp3) is 0.0667. The summed E-state index contributed by atoms with van der Waals surface area (Å²) in [5.41, 5.74) is 4.29. The number of rotatable bonds is 3. The second-order valence-corrected chi connectivity index (χ2v) is 5.40. The summed E-state index contributed by atoms with van der Waals surface area (Å²) >= 11 is 6.01. The first kappa shape index (κ1) is 13.0. The lowest BCUT2D eigenvalue weighted by molar-refractivity contribution is 0.797. The quantitative estimate of drug-likeness (QED) is 0.631. The van der Waals surface area contributed by atoms with Gasteiger partial charge in [0, 0.05) is 17.8 Å². The summed E-state index contributed by atoms with van der Waals surface area (Å²) in [4.78, 5) is 8.77. The van der Waals surface area contributed by atoms with Crippen molar-refractivity contribution in [2.24, 2.45) is 0 Å². The Balaban J connectivity index is 1.63. The summed E-state index contributed by atoms with van der Waals surface area (Å²) in [6, 6.07) is 9.67. The number of nitrogens with zero attached hydrogens (tertiary/aromatic N) is 5. The van der Waals surface area contributed by atoms with Gasteiger partial charge in [-0.05, 0) is 23.8 Å². The Kier molecular flexibility index (Phi) is 3.08. The molecule has 0 atom stereocenters. The smallest absolute Gasteiger partial charge is 0.131 e. The molecule has 1 aromatic carbocycles. The lowest BCUT2D eigenvalue weighted by atomic mass is 10.2. The molecule has 0 saturated carbocycles. The lowest BCUT2D eigenvalue weighted by Gasteiger charge is -2.02. The van der Waals surface area contributed by atoms with Gasteiger partial charge in [0.05, 0.1) is 23.7 Å². The highest BCUT2D eigenvalue weighted by molar-refractivity contribution is 6.30. The lowest BCUT2D eigenvalue weighted by Crippen LogP contribution is -1.95. The number of benzene rings is 1. The molecule has 0 aliphatic rings. The van der Waals surface area contributed by atoms with E-state index in [2.05, 4.69) is 25.4 Å². The minimum atomic E-state index is 0.710. The molecule has 4 aromatic rings. The van der Waals surface area contributed by atoms with E-state index in [1.54, 1.807) is 12.5 Å². The third kappa shape index (κ3) is 2.44. The Morgan fingerprint density at radius 2 is 2.09 bits per heavy atom. The number of pyridine rings is 1. The second kappa shape index (κ2) is 5.23. The van der Waals surface area contributed by atoms with Crippen molar-refractivity contribution >= 4 is 22.6 Å². The van der Waals surface area contributed by atoms with E-state index in [-0.39, 0.29) is 0 Å². The van der Waals surface area contributed by atoms with Gasteiger partial charge in [-0.25, -0.2) is 4.98 Å². The SMILES string of the molecule is Clc1cccc(Cn2cnc(-c3cc4[nH]nnc4cn3)c2)c1. The van der Waals surface area contributed by atoms with E-state index in [9.17, 15) is 0 Å². The van der Waals surface area contributed by atoms with Crippen molar-refractivity contribution in [2.45, 2.75) is 6.54 Å². The number of imidazole rings is 1. The molecule has 3 heterocycles. The van der Waals surface area contributed by atoms with Crippen LogP contribution in [0, 0.1) is 0 Å². The van der Waals surface area contributed by atoms with Gasteiger partial charge in [-0.1, -0.05) is 28.9 Å². The number of hydrogen-bond acceptors (Lipinski definition) is 4. The van der Waals surface area contributed by atoms with Crippen LogP contribution in [0.25, 0.3) is 22.4 Å². The molecular formula is C15H11ClN6. The number of nitrogens with one attached hydrogen (secondary N) is 1. The first-order valence-electron chi connectivity index (χ1n) is 6.71. The van der Waals surface area contributed by atoms with Gasteiger partial charge in [0.15, 0.2) is 0 Å². The van der Waals surface area contributed by atoms with Gasteiger partial charge >= 0.3 is 0 Å². The van der Waals surface area contributed by atoms with Crippen LogP contribution in [0.4, 0.5) is 0 Å². The number of aromatic amines is 1. The zero-order valence-electron chi connectivity index (χ0n) is 11.4. The van der Waals surface area contributed by atoms with Gasteiger partial charge in [-0.2, -0.15) is 0 Å². The van der Waals surface area contributed by atoms with Gasteiger partial charge in [-0.3, -0.25) is 10.1 Å². The summed E-state index contributed by atoms with van der Waals surface area (Å²) in [5.74, 6) is 0. The highest BCUT2D eigenvalue weighted by atomic mass is 35.5. The Bertz CT molecular complexity index is 942. The zero-order chi connectivity index (χ0) is 14.9. The second-order valence-electron chi connectivity index (χ2n) is 4.96. The molecule has 0 aliphatic heterocycles. The molecule has 0 spiro atoms. The Hall–Kier alpha value is -2.73. The largest absolute Gasteiger partial charge is 0.332 e. The Morgan fingerprint density at radius 3 is 3.00 bits per heavy atom. The molecule has 108 valence electrons. The third-order valence-corrected chi connectivity index (χ3v) is 3.60. The van der Waals surface area contributed by atoms with E-state index in [0.29, 0.717) is 6.54 Å². The third-order valence-electron chi connectivity index (χ3n) is 3.36. The number of aromatic nitrogens is 6. The van der Waals surface area contributed by atoms with Crippen molar-refractivity contribution < 1.29 is 0 Å². The van der Waals surface area contributed by atoms with Crippen molar-refractivity contribution in [3.8, 4) is 11.4 Å². The molecule has 1 N–H and O–H groups in total. The molecular weight excluding hydrogens is 300 g/mol. The van der Waals surface area contributed by atoms with Crippen LogP contribution in [0.2, 0.25) is 5.02 Å². The van der Waals surface area contributed by atoms with E-state index >= 15 is 0 Å². The summed E-state index contributed by atoms with van der Waals surface area (Å²) in [7, 11) is 0. The van der Waals surface area contributed by atoms with Gasteiger partial charge in [-0.15, -0.1) is 5.10 Å². The van der Waals surface area contributed by atoms with Crippen LogP contribution in [0.5, 0.6) is 0 Å². The average Bonchev–Trinajstić information content (AvgIpc) is 3.15. The maximum atomic E-state index is 6.01. The van der Waals surface area contributed by atoms with Crippen molar-refractivity contribution in [3.05, 3.63) is 59.6 Å². The van der Waals surface area contributed by atoms with Crippen LogP contribution in [0.15, 0.2) is 49.1 Å². The molecule has 6 nitrogen and oxygen atoms in total. The van der Waals surface area contributed by atoms with Crippen molar-refractivity contribution in [2.75, 3.05) is 0 Å². The van der Waals surface area contributed by atoms with Gasteiger partial charge in [0.25, 0.3) is 0 Å². The summed E-state index contributed by atoms with van der Waals surface area (Å²) in [5, 5.41) is 11.2. The number of halogens is 1. The highest BCUT2D eigenvalue weighted by Crippen LogP contribution is 2.19. The number of H-pyrrole nitrogens is 1. The predicted octanol–water partition coefficient (Wildman–Crippen LogP) is 2.92. The van der Waals surface area contributed by atoms with Gasteiger partial charge in [0.2, 0.25) is 0 Å². The summed E-state index contributed by atoms with van der Waals surface area (Å²) in [6.45, 7) is 0.710. The molecule has 0 saturated heterocycles. The molecule has 0 amide bonds. The maximum Gasteiger partial charge on any atom is 0.131 e. The number of hydrogen-bond donors (Lipinski definition) is 1. The monoisotopic (exact) mass is 310 g/mol. The molecule has 4 rings (SSSR count). The topological polar surface area (TPSA) is 72.3 Å². The van der Waals surface area contributed by atoms with Crippen molar-refractivity contribution in [3.63, 3.8) is 0 Å². The predicted molar refractivity (Wildman–Crippen MR) is 83.5 cm³/mol. The van der Waals surface area contributed by atoms with Crippen molar-refractivity contribution in [1.82, 2.24) is 29.9 Å². The van der Waals surface area contributed by atoms with Gasteiger partial charge < -0.3 is 4.57 Å². The van der Waals surface area contributed by atoms with E-state index in [4.69, 9.17) is 11.6 Å². The minimum absolute atomic E-state index is 0.710. The average molecular weight is 311 g/mol. The summed E-state index contributed by atoms with van der Waals surface area (Å²) in [6.07, 6.45) is 5.43. The normalized spacial score (nSPS) is 11.1. The standard InChI is InChI=1S/C15H11ClN6/c16-11-3-1-2-10(4-11)7-22-8-15(18-9-22)12-5-13-14(6-17-12)20-21-19-13/h1-6,8-9H,7H2,(H,19,20,21). The molecule has 0 unspecified atom stereocenters.